The van der Waals surface area contributed by atoms with Gasteiger partial charge in [-0.05, 0) is 6.54 Å². The molecule has 68 valence electrons. The molecule has 0 amide bonds. The van der Waals surface area contributed by atoms with Gasteiger partial charge >= 0.3 is 11.9 Å². The summed E-state index contributed by atoms with van der Waals surface area (Å²) in [5, 5.41) is 16.8. The molecule has 1 atom stereocenters. The summed E-state index contributed by atoms with van der Waals surface area (Å²) in [5.74, 6) is -2.96. The highest BCUT2D eigenvalue weighted by Gasteiger charge is 2.15. The van der Waals surface area contributed by atoms with E-state index in [0.717, 1.165) is 0 Å². The lowest BCUT2D eigenvalue weighted by molar-refractivity contribution is -0.135. The fourth-order valence-electron chi connectivity index (χ4n) is 0.675. The van der Waals surface area contributed by atoms with Crippen LogP contribution in [0, 0.1) is 5.92 Å². The first-order valence-corrected chi connectivity index (χ1v) is 3.37. The van der Waals surface area contributed by atoms with Gasteiger partial charge in [0.15, 0.2) is 0 Å². The number of aliphatic carboxylic acids is 2. The first kappa shape index (κ1) is 10.6. The average molecular weight is 173 g/mol. The van der Waals surface area contributed by atoms with Crippen molar-refractivity contribution in [2.75, 3.05) is 6.54 Å². The summed E-state index contributed by atoms with van der Waals surface area (Å²) in [6, 6.07) is 0. The molecule has 0 rings (SSSR count). The van der Waals surface area contributed by atoms with E-state index in [9.17, 15) is 9.59 Å². The lowest BCUT2D eigenvalue weighted by atomic mass is 10.0. The van der Waals surface area contributed by atoms with Crippen LogP contribution in [0.25, 0.3) is 0 Å². The Hall–Kier alpha value is -1.36. The predicted molar refractivity (Wildman–Crippen MR) is 41.6 cm³/mol. The Kier molecular flexibility index (Phi) is 3.99. The maximum absolute atomic E-state index is 10.4. The minimum absolute atomic E-state index is 0.116. The van der Waals surface area contributed by atoms with E-state index in [1.54, 1.807) is 6.92 Å². The van der Waals surface area contributed by atoms with Crippen LogP contribution in [-0.4, -0.2) is 28.7 Å². The SMILES string of the molecule is CC(CN)/C(=C/C(=O)O)C(=O)O. The number of rotatable bonds is 4. The fraction of sp³-hybridized carbons (Fsp3) is 0.429. The maximum atomic E-state index is 10.4. The Balaban J connectivity index is 4.66. The number of nitrogens with two attached hydrogens (primary N) is 1. The van der Waals surface area contributed by atoms with Crippen molar-refractivity contribution >= 4 is 11.9 Å². The maximum Gasteiger partial charge on any atom is 0.332 e. The Morgan fingerprint density at radius 3 is 2.25 bits per heavy atom. The molecule has 5 heteroatoms. The van der Waals surface area contributed by atoms with Gasteiger partial charge in [-0.15, -0.1) is 0 Å². The molecule has 12 heavy (non-hydrogen) atoms. The second-order valence-electron chi connectivity index (χ2n) is 2.38. The van der Waals surface area contributed by atoms with Crippen LogP contribution in [0.3, 0.4) is 0 Å². The zero-order valence-electron chi connectivity index (χ0n) is 6.65. The molecule has 0 aliphatic heterocycles. The first-order valence-electron chi connectivity index (χ1n) is 3.37. The Morgan fingerprint density at radius 2 is 2.00 bits per heavy atom. The van der Waals surface area contributed by atoms with Gasteiger partial charge in [0, 0.05) is 17.6 Å². The molecule has 0 saturated carbocycles. The van der Waals surface area contributed by atoms with Gasteiger partial charge < -0.3 is 15.9 Å². The lowest BCUT2D eigenvalue weighted by Gasteiger charge is -2.07. The molecule has 0 aliphatic carbocycles. The van der Waals surface area contributed by atoms with Crippen molar-refractivity contribution in [3.05, 3.63) is 11.6 Å². The van der Waals surface area contributed by atoms with Gasteiger partial charge in [-0.3, -0.25) is 0 Å². The van der Waals surface area contributed by atoms with Crippen LogP contribution in [0.5, 0.6) is 0 Å². The topological polar surface area (TPSA) is 101 Å². The van der Waals surface area contributed by atoms with Crippen LogP contribution in [0.15, 0.2) is 11.6 Å². The molecule has 0 aliphatic rings. The predicted octanol–water partition coefficient (Wildman–Crippen LogP) is -0.323. The van der Waals surface area contributed by atoms with Crippen molar-refractivity contribution in [3.63, 3.8) is 0 Å². The molecule has 0 bridgehead atoms. The van der Waals surface area contributed by atoms with E-state index >= 15 is 0 Å². The lowest BCUT2D eigenvalue weighted by Crippen LogP contribution is -2.19. The number of carbonyl (C=O) groups is 2. The van der Waals surface area contributed by atoms with Crippen molar-refractivity contribution in [3.8, 4) is 0 Å². The highest BCUT2D eigenvalue weighted by molar-refractivity contribution is 5.95. The Bertz CT molecular complexity index is 221. The third-order valence-electron chi connectivity index (χ3n) is 1.41. The van der Waals surface area contributed by atoms with Crippen LogP contribution < -0.4 is 5.73 Å². The second-order valence-corrected chi connectivity index (χ2v) is 2.38. The molecule has 0 saturated heterocycles. The third kappa shape index (κ3) is 3.16. The van der Waals surface area contributed by atoms with Crippen molar-refractivity contribution < 1.29 is 19.8 Å². The number of carboxylic acid groups (broad SMARTS) is 2. The normalized spacial score (nSPS) is 14.0. The molecule has 0 fully saturated rings. The summed E-state index contributed by atoms with van der Waals surface area (Å²) in [7, 11) is 0. The van der Waals surface area contributed by atoms with E-state index in [-0.39, 0.29) is 12.1 Å². The Morgan fingerprint density at radius 1 is 1.50 bits per heavy atom. The van der Waals surface area contributed by atoms with Crippen molar-refractivity contribution in [1.82, 2.24) is 0 Å². The quantitative estimate of drug-likeness (QED) is 0.505. The van der Waals surface area contributed by atoms with E-state index < -0.39 is 17.9 Å². The smallest absolute Gasteiger partial charge is 0.332 e. The van der Waals surface area contributed by atoms with Crippen molar-refractivity contribution in [2.24, 2.45) is 11.7 Å². The van der Waals surface area contributed by atoms with Crippen molar-refractivity contribution in [2.45, 2.75) is 6.92 Å². The summed E-state index contributed by atoms with van der Waals surface area (Å²) in [6.07, 6.45) is 0.667. The van der Waals surface area contributed by atoms with Gasteiger partial charge in [-0.2, -0.15) is 0 Å². The highest BCUT2D eigenvalue weighted by atomic mass is 16.4. The average Bonchev–Trinajstić information content (AvgIpc) is 1.98. The van der Waals surface area contributed by atoms with Gasteiger partial charge in [0.05, 0.1) is 0 Å². The molecular weight excluding hydrogens is 162 g/mol. The summed E-state index contributed by atoms with van der Waals surface area (Å²) in [4.78, 5) is 20.6. The van der Waals surface area contributed by atoms with Gasteiger partial charge in [0.2, 0.25) is 0 Å². The van der Waals surface area contributed by atoms with Crippen LogP contribution >= 0.6 is 0 Å². The molecular formula is C7H11NO4. The van der Waals surface area contributed by atoms with E-state index in [1.807, 2.05) is 0 Å². The van der Waals surface area contributed by atoms with Gasteiger partial charge in [-0.1, -0.05) is 6.92 Å². The van der Waals surface area contributed by atoms with Gasteiger partial charge in [0.1, 0.15) is 0 Å². The zero-order chi connectivity index (χ0) is 9.72. The summed E-state index contributed by atoms with van der Waals surface area (Å²) < 4.78 is 0. The molecule has 0 heterocycles. The molecule has 0 aromatic carbocycles. The van der Waals surface area contributed by atoms with E-state index in [2.05, 4.69) is 0 Å². The minimum atomic E-state index is -1.27. The standard InChI is InChI=1S/C7H11NO4/c1-4(3-8)5(7(11)12)2-6(9)10/h2,4H,3,8H2,1H3,(H,9,10)(H,11,12)/b5-2-. The van der Waals surface area contributed by atoms with E-state index in [0.29, 0.717) is 6.08 Å². The third-order valence-corrected chi connectivity index (χ3v) is 1.41. The van der Waals surface area contributed by atoms with Crippen LogP contribution in [-0.2, 0) is 9.59 Å². The molecule has 4 N–H and O–H groups in total. The second kappa shape index (κ2) is 4.50. The monoisotopic (exact) mass is 173 g/mol. The number of carboxylic acids is 2. The molecule has 0 radical (unpaired) electrons. The van der Waals surface area contributed by atoms with Gasteiger partial charge in [-0.25, -0.2) is 9.59 Å². The van der Waals surface area contributed by atoms with Crippen LogP contribution in [0.2, 0.25) is 0 Å². The van der Waals surface area contributed by atoms with E-state index in [1.165, 1.54) is 0 Å². The van der Waals surface area contributed by atoms with Crippen molar-refractivity contribution in [1.29, 1.82) is 0 Å². The molecule has 1 unspecified atom stereocenters. The fourth-order valence-corrected chi connectivity index (χ4v) is 0.675. The van der Waals surface area contributed by atoms with Crippen LogP contribution in [0.4, 0.5) is 0 Å². The Labute approximate surface area is 69.5 Å². The molecule has 0 aromatic heterocycles. The van der Waals surface area contributed by atoms with Crippen LogP contribution in [0.1, 0.15) is 6.92 Å². The zero-order valence-corrected chi connectivity index (χ0v) is 6.65. The first-order chi connectivity index (χ1) is 5.49. The minimum Gasteiger partial charge on any atom is -0.478 e. The number of hydrogen-bond acceptors (Lipinski definition) is 3. The van der Waals surface area contributed by atoms with Gasteiger partial charge in [0.25, 0.3) is 0 Å². The highest BCUT2D eigenvalue weighted by Crippen LogP contribution is 2.08. The molecule has 0 spiro atoms. The molecule has 0 aromatic rings. The number of hydrogen-bond donors (Lipinski definition) is 3. The summed E-state index contributed by atoms with van der Waals surface area (Å²) >= 11 is 0. The summed E-state index contributed by atoms with van der Waals surface area (Å²) in [5.41, 5.74) is 5.01. The molecule has 5 nitrogen and oxygen atoms in total. The largest absolute Gasteiger partial charge is 0.478 e. The summed E-state index contributed by atoms with van der Waals surface area (Å²) in [6.45, 7) is 1.67. The van der Waals surface area contributed by atoms with E-state index in [4.69, 9.17) is 15.9 Å².